The molecule has 0 aliphatic rings. The molecule has 10 heteroatoms. The fraction of sp³-hybridized carbons (Fsp3) is 0. The number of hydrogen-bond acceptors (Lipinski definition) is 0. The van der Waals surface area contributed by atoms with Crippen LogP contribution in [0.25, 0.3) is 0 Å². The van der Waals surface area contributed by atoms with Crippen LogP contribution in [0.1, 0.15) is 25.7 Å². The van der Waals surface area contributed by atoms with E-state index in [0.717, 1.165) is 0 Å². The van der Waals surface area contributed by atoms with Gasteiger partial charge in [-0.05, 0) is 0 Å². The van der Waals surface area contributed by atoms with Crippen molar-refractivity contribution < 1.29 is 346 Å². The topological polar surface area (TPSA) is 0 Å². The van der Waals surface area contributed by atoms with Crippen molar-refractivity contribution in [1.82, 2.24) is 0 Å². The Morgan fingerprint density at radius 2 is 0.300 bits per heavy atom. The number of rotatable bonds is 0. The van der Waals surface area contributed by atoms with Gasteiger partial charge in [-0.1, -0.05) is 0 Å². The molecule has 0 saturated carbocycles. The Labute approximate surface area is 335 Å². The van der Waals surface area contributed by atoms with Crippen LogP contribution < -0.4 is 37.2 Å². The van der Waals surface area contributed by atoms with Gasteiger partial charge in [0.2, 0.25) is 0 Å². The zero-order valence-corrected chi connectivity index (χ0v) is 24.6. The van der Waals surface area contributed by atoms with Gasteiger partial charge in [0.05, 0.1) is 0 Å². The van der Waals surface area contributed by atoms with Crippen molar-refractivity contribution in [1.29, 1.82) is 0 Å². The molecule has 7 radical (unpaired) electrons. The minimum absolute atomic E-state index is 0. The molecule has 0 spiro atoms. The molecule has 0 nitrogen and oxygen atoms in total. The molecule has 0 fully saturated rings. The molecule has 0 amide bonds. The van der Waals surface area contributed by atoms with Gasteiger partial charge in [-0.25, -0.2) is 0 Å². The van der Waals surface area contributed by atoms with Crippen molar-refractivity contribution in [2.75, 3.05) is 0 Å². The average molecular weight is 1180 g/mol. The zero-order valence-electron chi connectivity index (χ0n) is 22.0. The van der Waals surface area contributed by atoms with Gasteiger partial charge >= 0.3 is 283 Å². The molecule has 0 saturated heterocycles. The normalized spacial score (nSPS) is 0. The summed E-state index contributed by atoms with van der Waals surface area (Å²) in [5.74, 6) is 0. The third-order valence-corrected chi connectivity index (χ3v) is 0. The quantitative estimate of drug-likeness (QED) is 0.227. The summed E-state index contributed by atoms with van der Waals surface area (Å²) in [5, 5.41) is 0. The Morgan fingerprint density at radius 1 is 0.300 bits per heavy atom. The summed E-state index contributed by atoms with van der Waals surface area (Å²) in [7, 11) is 0. The summed E-state index contributed by atoms with van der Waals surface area (Å²) in [4.78, 5) is 0. The predicted molar refractivity (Wildman–Crippen MR) is 20.0 cm³/mol. The molecule has 0 bridgehead atoms. The minimum atomic E-state index is 0. The summed E-state index contributed by atoms with van der Waals surface area (Å²) in [6, 6.07) is 0. The molecule has 10 heavy (non-hydrogen) atoms. The van der Waals surface area contributed by atoms with Crippen LogP contribution in [0.15, 0.2) is 0 Å². The molecule has 0 rings (SSSR count). The molecule has 0 heterocycles. The third kappa shape index (κ3) is 51.7. The van der Waals surface area contributed by atoms with E-state index >= 15 is 0 Å². The fourth-order valence-electron chi connectivity index (χ4n) is 0. The maximum absolute atomic E-state index is 0. The molecule has 0 atom stereocenters. The van der Waals surface area contributed by atoms with Gasteiger partial charge in [0, 0.05) is 0 Å². The Kier molecular flexibility index (Phi) is 436. The van der Waals surface area contributed by atoms with Crippen LogP contribution in [0.4, 0.5) is 0 Å². The Balaban J connectivity index is 0. The first-order valence-corrected chi connectivity index (χ1v) is 0. The van der Waals surface area contributed by atoms with Crippen molar-refractivity contribution in [3.05, 3.63) is 0 Å². The van der Waals surface area contributed by atoms with Crippen LogP contribution in [-0.4, -0.2) is 0 Å². The van der Waals surface area contributed by atoms with Crippen LogP contribution in [0.3, 0.4) is 0 Å². The van der Waals surface area contributed by atoms with E-state index in [1.165, 1.54) is 0 Å². The maximum Gasteiger partial charge on any atom is 3.00 e. The van der Waals surface area contributed by atoms with Gasteiger partial charge in [-0.2, -0.15) is 0 Å². The largest absolute Gasteiger partial charge is 3.00 e. The second-order valence-corrected chi connectivity index (χ2v) is 0. The van der Waals surface area contributed by atoms with Gasteiger partial charge in [-0.15, -0.1) is 0 Å². The zero-order chi connectivity index (χ0) is 0. The molecule has 81 valence electrons. The summed E-state index contributed by atoms with van der Waals surface area (Å²) < 4.78 is 0. The summed E-state index contributed by atoms with van der Waals surface area (Å²) in [6.07, 6.45) is 0. The standard InChI is InChI=1S/3ClH.7Sm.18H/h3*1H;;;;;;;;;;;;;;;;;;;;;;;;;/q;;;7*+3;18*-1/p-3. The molecule has 0 aromatic heterocycles. The van der Waals surface area contributed by atoms with E-state index < -0.39 is 0 Å². The van der Waals surface area contributed by atoms with Crippen LogP contribution in [-0.2, 0) is 0 Å². The van der Waals surface area contributed by atoms with Crippen molar-refractivity contribution >= 4 is 0 Å². The molecule has 0 aliphatic carbocycles. The molecular formula is H18Cl3Sm7. The van der Waals surface area contributed by atoms with E-state index in [0.29, 0.717) is 0 Å². The molecular weight excluding hydrogens is 1160 g/mol. The summed E-state index contributed by atoms with van der Waals surface area (Å²) in [6.45, 7) is 0. The molecule has 0 unspecified atom stereocenters. The van der Waals surface area contributed by atoms with Crippen LogP contribution >= 0.6 is 0 Å². The summed E-state index contributed by atoms with van der Waals surface area (Å²) >= 11 is 0. The van der Waals surface area contributed by atoms with E-state index in [-0.39, 0.29) is 346 Å². The van der Waals surface area contributed by atoms with Gasteiger partial charge in [0.25, 0.3) is 0 Å². The SMILES string of the molecule is [Cl-].[Cl-].[Cl-].[H-].[H-].[H-].[H-].[H-].[H-].[H-].[H-].[H-].[H-].[H-].[H-].[H-].[H-].[H-].[H-].[H-].[H-].[Sm+3].[Sm+3].[Sm+3].[Sm+3].[Sm+3].[Sm+3].[Sm+3]. The van der Waals surface area contributed by atoms with E-state index in [4.69, 9.17) is 0 Å². The second kappa shape index (κ2) is 61.1. The Hall–Kier alpha value is 10.2. The molecule has 0 aliphatic heterocycles. The van der Waals surface area contributed by atoms with Gasteiger partial charge < -0.3 is 62.9 Å². The van der Waals surface area contributed by atoms with E-state index in [1.54, 1.807) is 0 Å². The minimum Gasteiger partial charge on any atom is -1.00 e. The smallest absolute Gasteiger partial charge is 1.00 e. The predicted octanol–water partition coefficient (Wildman–Crippen LogP) is -6.96. The van der Waals surface area contributed by atoms with Crippen LogP contribution in [0, 0.1) is 283 Å². The van der Waals surface area contributed by atoms with E-state index in [1.807, 2.05) is 0 Å². The third-order valence-electron chi connectivity index (χ3n) is 0. The van der Waals surface area contributed by atoms with E-state index in [9.17, 15) is 0 Å². The second-order valence-electron chi connectivity index (χ2n) is 0. The number of hydrogen-bond donors (Lipinski definition) is 0. The summed E-state index contributed by atoms with van der Waals surface area (Å²) in [5.41, 5.74) is 0. The van der Waals surface area contributed by atoms with Gasteiger partial charge in [0.1, 0.15) is 0 Å². The first-order valence-electron chi connectivity index (χ1n) is 0. The molecule has 0 aromatic rings. The first-order chi connectivity index (χ1) is 0. The van der Waals surface area contributed by atoms with Crippen molar-refractivity contribution in [2.45, 2.75) is 0 Å². The number of halogens is 3. The molecule has 0 N–H and O–H groups in total. The van der Waals surface area contributed by atoms with Crippen molar-refractivity contribution in [3.63, 3.8) is 0 Å². The Bertz CT molecular complexity index is 35.1. The van der Waals surface area contributed by atoms with Crippen molar-refractivity contribution in [3.8, 4) is 0 Å². The van der Waals surface area contributed by atoms with Crippen LogP contribution in [0.5, 0.6) is 0 Å². The maximum atomic E-state index is 0. The average Bonchev–Trinajstić information content (AvgIpc) is 0. The fourth-order valence-corrected chi connectivity index (χ4v) is 0. The first kappa shape index (κ1) is 71.5. The van der Waals surface area contributed by atoms with Crippen LogP contribution in [0.2, 0.25) is 0 Å². The Morgan fingerprint density at radius 3 is 0.300 bits per heavy atom. The van der Waals surface area contributed by atoms with Crippen molar-refractivity contribution in [2.24, 2.45) is 0 Å². The van der Waals surface area contributed by atoms with Gasteiger partial charge in [0.15, 0.2) is 0 Å². The monoisotopic (exact) mass is 1190 g/mol. The van der Waals surface area contributed by atoms with E-state index in [2.05, 4.69) is 0 Å². The molecule has 0 aromatic carbocycles. The van der Waals surface area contributed by atoms with Gasteiger partial charge in [-0.3, -0.25) is 0 Å².